The lowest BCUT2D eigenvalue weighted by Crippen LogP contribution is -2.56. The van der Waals surface area contributed by atoms with Crippen molar-refractivity contribution in [3.8, 4) is 0 Å². The van der Waals surface area contributed by atoms with Gasteiger partial charge in [0.25, 0.3) is 0 Å². The van der Waals surface area contributed by atoms with E-state index in [9.17, 15) is 0 Å². The maximum Gasteiger partial charge on any atom is 0.0560 e. The summed E-state index contributed by atoms with van der Waals surface area (Å²) < 4.78 is 0. The fraction of sp³-hybridized carbons (Fsp3) is 0.957. The summed E-state index contributed by atoms with van der Waals surface area (Å²) in [6.45, 7) is 11.9. The quantitative estimate of drug-likeness (QED) is 0.419. The van der Waals surface area contributed by atoms with Crippen molar-refractivity contribution in [2.24, 2.45) is 34.6 Å². The van der Waals surface area contributed by atoms with Crippen molar-refractivity contribution in [3.63, 3.8) is 0 Å². The predicted molar refractivity (Wildman–Crippen MR) is 117 cm³/mol. The van der Waals surface area contributed by atoms with Gasteiger partial charge in [0.2, 0.25) is 0 Å². The summed E-state index contributed by atoms with van der Waals surface area (Å²) in [7, 11) is 0. The van der Waals surface area contributed by atoms with Gasteiger partial charge in [0.1, 0.15) is 0 Å². The highest BCUT2D eigenvalue weighted by atomic mass is 79.9. The highest BCUT2D eigenvalue weighted by Crippen LogP contribution is 2.40. The zero-order valence-electron chi connectivity index (χ0n) is 17.7. The smallest absolute Gasteiger partial charge is 0.0560 e. The third-order valence-corrected chi connectivity index (χ3v) is 8.72. The van der Waals surface area contributed by atoms with Crippen LogP contribution in [0.25, 0.3) is 0 Å². The molecule has 150 valence electrons. The first kappa shape index (κ1) is 20.8. The van der Waals surface area contributed by atoms with Crippen LogP contribution in [0, 0.1) is 29.6 Å². The maximum atomic E-state index is 5.47. The van der Waals surface area contributed by atoms with Gasteiger partial charge in [0, 0.05) is 22.6 Å². The van der Waals surface area contributed by atoms with Gasteiger partial charge in [-0.2, -0.15) is 0 Å². The molecule has 0 aromatic heterocycles. The molecule has 26 heavy (non-hydrogen) atoms. The average Bonchev–Trinajstić information content (AvgIpc) is 2.61. The van der Waals surface area contributed by atoms with Gasteiger partial charge < -0.3 is 5.32 Å². The lowest BCUT2D eigenvalue weighted by molar-refractivity contribution is 0.141. The molecule has 0 spiro atoms. The van der Waals surface area contributed by atoms with Gasteiger partial charge in [-0.05, 0) is 75.0 Å². The predicted octanol–water partition coefficient (Wildman–Crippen LogP) is 6.23. The minimum atomic E-state index is 0.497. The summed E-state index contributed by atoms with van der Waals surface area (Å²) >= 11 is 3.96. The Morgan fingerprint density at radius 1 is 0.885 bits per heavy atom. The number of aliphatic imine (C=N–C) groups is 1. The van der Waals surface area contributed by atoms with Crippen LogP contribution in [-0.4, -0.2) is 28.7 Å². The summed E-state index contributed by atoms with van der Waals surface area (Å²) in [5, 5.41) is 4.00. The number of piperidine rings is 1. The number of nitrogens with one attached hydrogen (secondary N) is 1. The first-order chi connectivity index (χ1) is 12.4. The van der Waals surface area contributed by atoms with Gasteiger partial charge in [-0.3, -0.25) is 4.99 Å². The minimum Gasteiger partial charge on any atom is -0.305 e. The summed E-state index contributed by atoms with van der Waals surface area (Å²) in [6.07, 6.45) is 10.9. The Kier molecular flexibility index (Phi) is 7.27. The van der Waals surface area contributed by atoms with E-state index >= 15 is 0 Å². The molecule has 1 heterocycles. The summed E-state index contributed by atoms with van der Waals surface area (Å²) in [4.78, 5) is 6.12. The van der Waals surface area contributed by atoms with Crippen LogP contribution in [0.3, 0.4) is 0 Å². The molecule has 2 saturated carbocycles. The average molecular weight is 425 g/mol. The summed E-state index contributed by atoms with van der Waals surface area (Å²) in [5.41, 5.74) is 1.39. The lowest BCUT2D eigenvalue weighted by atomic mass is 9.68. The van der Waals surface area contributed by atoms with Crippen molar-refractivity contribution in [2.75, 3.05) is 0 Å². The molecule has 0 bridgehead atoms. The molecule has 3 aliphatic rings. The zero-order valence-corrected chi connectivity index (χ0v) is 19.3. The number of halogens is 1. The van der Waals surface area contributed by atoms with Gasteiger partial charge in [-0.15, -0.1) is 0 Å². The minimum absolute atomic E-state index is 0.497. The van der Waals surface area contributed by atoms with E-state index in [-0.39, 0.29) is 0 Å². The molecule has 3 fully saturated rings. The van der Waals surface area contributed by atoms with Crippen LogP contribution < -0.4 is 5.32 Å². The highest BCUT2D eigenvalue weighted by Gasteiger charge is 2.39. The normalized spacial score (nSPS) is 42.2. The molecule has 3 rings (SSSR count). The highest BCUT2D eigenvalue weighted by molar-refractivity contribution is 9.09. The molecule has 2 aliphatic carbocycles. The maximum absolute atomic E-state index is 5.47. The molecule has 3 heteroatoms. The first-order valence-corrected chi connectivity index (χ1v) is 12.2. The van der Waals surface area contributed by atoms with E-state index < -0.39 is 0 Å². The Morgan fingerprint density at radius 3 is 2.12 bits per heavy atom. The van der Waals surface area contributed by atoms with Crippen molar-refractivity contribution < 1.29 is 0 Å². The molecule has 0 radical (unpaired) electrons. The van der Waals surface area contributed by atoms with Crippen LogP contribution in [-0.2, 0) is 0 Å². The SMILES string of the molecule is CC(=NC1C(C(C)C)CCCC1C(C)C)C1CCC2CCCC(Br)C2N1. The molecule has 0 aromatic rings. The molecule has 1 aliphatic heterocycles. The Morgan fingerprint density at radius 2 is 1.50 bits per heavy atom. The van der Waals surface area contributed by atoms with Gasteiger partial charge in [-0.1, -0.05) is 56.5 Å². The Hall–Kier alpha value is 0.110. The van der Waals surface area contributed by atoms with Crippen LogP contribution in [0.5, 0.6) is 0 Å². The Labute approximate surface area is 170 Å². The third kappa shape index (κ3) is 4.57. The van der Waals surface area contributed by atoms with E-state index in [2.05, 4.69) is 55.9 Å². The van der Waals surface area contributed by atoms with Crippen LogP contribution in [0.15, 0.2) is 4.99 Å². The van der Waals surface area contributed by atoms with Gasteiger partial charge in [0.05, 0.1) is 6.04 Å². The van der Waals surface area contributed by atoms with Crippen molar-refractivity contribution in [2.45, 2.75) is 109 Å². The second-order valence-corrected chi connectivity index (χ2v) is 11.2. The second-order valence-electron chi connectivity index (χ2n) is 10.0. The monoisotopic (exact) mass is 424 g/mol. The molecular weight excluding hydrogens is 384 g/mol. The summed E-state index contributed by atoms with van der Waals surface area (Å²) in [6, 6.07) is 1.69. The number of alkyl halides is 1. The standard InChI is InChI=1S/C23H41BrN2/c1-14(2)18-9-7-10-19(15(3)4)23(18)25-16(5)21-13-12-17-8-6-11-20(24)22(17)26-21/h14-15,17-23,26H,6-13H2,1-5H3. The molecule has 6 atom stereocenters. The fourth-order valence-electron chi connectivity index (χ4n) is 6.04. The Bertz CT molecular complexity index is 471. The molecule has 2 nitrogen and oxygen atoms in total. The summed E-state index contributed by atoms with van der Waals surface area (Å²) in [5.74, 6) is 3.89. The van der Waals surface area contributed by atoms with Crippen molar-refractivity contribution >= 4 is 21.6 Å². The van der Waals surface area contributed by atoms with Gasteiger partial charge >= 0.3 is 0 Å². The molecule has 0 amide bonds. The number of hydrogen-bond donors (Lipinski definition) is 1. The van der Waals surface area contributed by atoms with Crippen LogP contribution in [0.1, 0.15) is 86.0 Å². The number of hydrogen-bond acceptors (Lipinski definition) is 2. The van der Waals surface area contributed by atoms with E-state index in [0.29, 0.717) is 23.0 Å². The van der Waals surface area contributed by atoms with E-state index in [1.807, 2.05) is 0 Å². The van der Waals surface area contributed by atoms with Gasteiger partial charge in [0.15, 0.2) is 0 Å². The number of rotatable bonds is 4. The van der Waals surface area contributed by atoms with E-state index in [4.69, 9.17) is 4.99 Å². The number of fused-ring (bicyclic) bond motifs is 1. The molecule has 1 saturated heterocycles. The Balaban J connectivity index is 1.75. The first-order valence-electron chi connectivity index (χ1n) is 11.3. The van der Waals surface area contributed by atoms with Crippen LogP contribution in [0.2, 0.25) is 0 Å². The zero-order chi connectivity index (χ0) is 18.8. The third-order valence-electron chi connectivity index (χ3n) is 7.69. The number of nitrogens with zero attached hydrogens (tertiary/aromatic N) is 1. The fourth-order valence-corrected chi connectivity index (χ4v) is 6.95. The molecular formula is C23H41BrN2. The molecule has 0 aromatic carbocycles. The van der Waals surface area contributed by atoms with Crippen molar-refractivity contribution in [3.05, 3.63) is 0 Å². The van der Waals surface area contributed by atoms with E-state index in [0.717, 1.165) is 29.6 Å². The molecule has 6 unspecified atom stereocenters. The molecule has 1 N–H and O–H groups in total. The van der Waals surface area contributed by atoms with E-state index in [1.165, 1.54) is 57.1 Å². The van der Waals surface area contributed by atoms with Crippen molar-refractivity contribution in [1.29, 1.82) is 0 Å². The topological polar surface area (TPSA) is 24.4 Å². The van der Waals surface area contributed by atoms with Crippen LogP contribution >= 0.6 is 15.9 Å². The van der Waals surface area contributed by atoms with Crippen molar-refractivity contribution in [1.82, 2.24) is 5.32 Å². The van der Waals surface area contributed by atoms with E-state index in [1.54, 1.807) is 0 Å². The van der Waals surface area contributed by atoms with Gasteiger partial charge in [-0.25, -0.2) is 0 Å². The second kappa shape index (κ2) is 9.07. The largest absolute Gasteiger partial charge is 0.305 e. The van der Waals surface area contributed by atoms with Crippen LogP contribution in [0.4, 0.5) is 0 Å². The lowest BCUT2D eigenvalue weighted by Gasteiger charge is -2.44.